The molecule has 4 unspecified atom stereocenters. The standard InChI is InChI=1S/C8H13N/c1-5-2-7-4-9-8(7)3-6(1)5/h5-9H,1-4H2. The van der Waals surface area contributed by atoms with Crippen LogP contribution in [-0.2, 0) is 0 Å². The highest BCUT2D eigenvalue weighted by atomic mass is 15.0. The highest BCUT2D eigenvalue weighted by Gasteiger charge is 2.49. The van der Waals surface area contributed by atoms with Crippen LogP contribution in [0.3, 0.4) is 0 Å². The molecule has 3 fully saturated rings. The van der Waals surface area contributed by atoms with Crippen LogP contribution in [0.2, 0.25) is 0 Å². The molecule has 2 aliphatic carbocycles. The predicted molar refractivity (Wildman–Crippen MR) is 36.1 cm³/mol. The number of nitrogens with one attached hydrogen (secondary N) is 1. The van der Waals surface area contributed by atoms with E-state index in [9.17, 15) is 0 Å². The van der Waals surface area contributed by atoms with E-state index in [1.54, 1.807) is 12.8 Å². The largest absolute Gasteiger partial charge is 0.313 e. The van der Waals surface area contributed by atoms with Crippen LogP contribution in [0.15, 0.2) is 0 Å². The van der Waals surface area contributed by atoms with Crippen molar-refractivity contribution in [2.45, 2.75) is 25.3 Å². The van der Waals surface area contributed by atoms with Crippen LogP contribution in [-0.4, -0.2) is 12.6 Å². The smallest absolute Gasteiger partial charge is 0.0110 e. The molecule has 3 rings (SSSR count). The minimum atomic E-state index is 0.953. The maximum atomic E-state index is 3.50. The average molecular weight is 123 g/mol. The van der Waals surface area contributed by atoms with E-state index in [1.165, 1.54) is 18.9 Å². The van der Waals surface area contributed by atoms with E-state index in [1.807, 2.05) is 0 Å². The van der Waals surface area contributed by atoms with Crippen molar-refractivity contribution in [2.24, 2.45) is 17.8 Å². The third-order valence-electron chi connectivity index (χ3n) is 3.44. The SMILES string of the molecule is C1C2CC3CNC3CC12. The van der Waals surface area contributed by atoms with Crippen molar-refractivity contribution in [2.75, 3.05) is 6.54 Å². The van der Waals surface area contributed by atoms with Gasteiger partial charge < -0.3 is 5.32 Å². The Kier molecular flexibility index (Phi) is 0.704. The lowest BCUT2D eigenvalue weighted by atomic mass is 9.79. The molecule has 1 heterocycles. The molecule has 2 saturated carbocycles. The van der Waals surface area contributed by atoms with Crippen molar-refractivity contribution in [1.82, 2.24) is 5.32 Å². The first-order chi connectivity index (χ1) is 4.43. The molecule has 0 bridgehead atoms. The maximum Gasteiger partial charge on any atom is 0.0110 e. The quantitative estimate of drug-likeness (QED) is 0.507. The molecule has 9 heavy (non-hydrogen) atoms. The molecule has 0 radical (unpaired) electrons. The number of hydrogen-bond acceptors (Lipinski definition) is 1. The van der Waals surface area contributed by atoms with Gasteiger partial charge in [0, 0.05) is 6.04 Å². The Morgan fingerprint density at radius 1 is 0.889 bits per heavy atom. The first-order valence-corrected chi connectivity index (χ1v) is 4.17. The van der Waals surface area contributed by atoms with Crippen LogP contribution >= 0.6 is 0 Å². The first kappa shape index (κ1) is 4.73. The van der Waals surface area contributed by atoms with Crippen LogP contribution in [0.25, 0.3) is 0 Å². The summed E-state index contributed by atoms with van der Waals surface area (Å²) < 4.78 is 0. The first-order valence-electron chi connectivity index (χ1n) is 4.17. The van der Waals surface area contributed by atoms with Gasteiger partial charge in [-0.25, -0.2) is 0 Å². The van der Waals surface area contributed by atoms with E-state index in [-0.39, 0.29) is 0 Å². The second kappa shape index (κ2) is 1.34. The highest BCUT2D eigenvalue weighted by molar-refractivity contribution is 5.03. The Hall–Kier alpha value is -0.0400. The van der Waals surface area contributed by atoms with Gasteiger partial charge in [-0.15, -0.1) is 0 Å². The predicted octanol–water partition coefficient (Wildman–Crippen LogP) is 1.00. The van der Waals surface area contributed by atoms with E-state index in [4.69, 9.17) is 0 Å². The fourth-order valence-corrected chi connectivity index (χ4v) is 2.58. The van der Waals surface area contributed by atoms with Gasteiger partial charge in [0.25, 0.3) is 0 Å². The molecule has 0 amide bonds. The molecular formula is C8H13N. The topological polar surface area (TPSA) is 12.0 Å². The fourth-order valence-electron chi connectivity index (χ4n) is 2.58. The van der Waals surface area contributed by atoms with E-state index in [0.29, 0.717) is 0 Å². The van der Waals surface area contributed by atoms with Crippen LogP contribution in [0.4, 0.5) is 0 Å². The molecule has 1 nitrogen and oxygen atoms in total. The second-order valence-electron chi connectivity index (χ2n) is 4.00. The van der Waals surface area contributed by atoms with Crippen LogP contribution in [0, 0.1) is 17.8 Å². The van der Waals surface area contributed by atoms with Gasteiger partial charge in [-0.1, -0.05) is 0 Å². The van der Waals surface area contributed by atoms with Gasteiger partial charge in [0.15, 0.2) is 0 Å². The van der Waals surface area contributed by atoms with Crippen molar-refractivity contribution in [3.05, 3.63) is 0 Å². The zero-order chi connectivity index (χ0) is 5.84. The van der Waals surface area contributed by atoms with Gasteiger partial charge in [0.2, 0.25) is 0 Å². The molecular weight excluding hydrogens is 110 g/mol. The number of fused-ring (bicyclic) bond motifs is 2. The second-order valence-corrected chi connectivity index (χ2v) is 4.00. The number of rotatable bonds is 0. The molecule has 4 atom stereocenters. The summed E-state index contributed by atoms with van der Waals surface area (Å²) >= 11 is 0. The average Bonchev–Trinajstić information content (AvgIpc) is 2.53. The van der Waals surface area contributed by atoms with Gasteiger partial charge in [-0.05, 0) is 43.6 Å². The lowest BCUT2D eigenvalue weighted by molar-refractivity contribution is 0.159. The molecule has 3 aliphatic rings. The third-order valence-corrected chi connectivity index (χ3v) is 3.44. The highest BCUT2D eigenvalue weighted by Crippen LogP contribution is 2.53. The van der Waals surface area contributed by atoms with Crippen LogP contribution < -0.4 is 5.32 Å². The third kappa shape index (κ3) is 0.536. The normalized spacial score (nSPS) is 61.3. The Bertz CT molecular complexity index is 128. The molecule has 1 saturated heterocycles. The van der Waals surface area contributed by atoms with Crippen LogP contribution in [0.1, 0.15) is 19.3 Å². The summed E-state index contributed by atoms with van der Waals surface area (Å²) in [5.74, 6) is 3.42. The summed E-state index contributed by atoms with van der Waals surface area (Å²) in [6.45, 7) is 1.33. The Morgan fingerprint density at radius 2 is 1.67 bits per heavy atom. The van der Waals surface area contributed by atoms with Gasteiger partial charge in [0.05, 0.1) is 0 Å². The lowest BCUT2D eigenvalue weighted by Gasteiger charge is -2.41. The summed E-state index contributed by atoms with van der Waals surface area (Å²) in [6, 6.07) is 0.953. The zero-order valence-electron chi connectivity index (χ0n) is 5.64. The number of hydrogen-bond donors (Lipinski definition) is 1. The van der Waals surface area contributed by atoms with Crippen molar-refractivity contribution < 1.29 is 0 Å². The summed E-state index contributed by atoms with van der Waals surface area (Å²) in [5, 5.41) is 3.50. The van der Waals surface area contributed by atoms with Gasteiger partial charge in [-0.3, -0.25) is 0 Å². The van der Waals surface area contributed by atoms with Crippen molar-refractivity contribution >= 4 is 0 Å². The molecule has 1 N–H and O–H groups in total. The summed E-state index contributed by atoms with van der Waals surface area (Å²) in [6.07, 6.45) is 4.63. The molecule has 1 heteroatoms. The van der Waals surface area contributed by atoms with E-state index >= 15 is 0 Å². The summed E-state index contributed by atoms with van der Waals surface area (Å²) in [5.41, 5.74) is 0. The molecule has 0 spiro atoms. The fraction of sp³-hybridized carbons (Fsp3) is 1.00. The summed E-state index contributed by atoms with van der Waals surface area (Å²) in [7, 11) is 0. The van der Waals surface area contributed by atoms with E-state index in [2.05, 4.69) is 5.32 Å². The molecule has 0 aromatic heterocycles. The molecule has 50 valence electrons. The minimum Gasteiger partial charge on any atom is -0.313 e. The molecule has 0 aromatic rings. The van der Waals surface area contributed by atoms with Crippen molar-refractivity contribution in [1.29, 1.82) is 0 Å². The van der Waals surface area contributed by atoms with Crippen molar-refractivity contribution in [3.63, 3.8) is 0 Å². The minimum absolute atomic E-state index is 0.953. The van der Waals surface area contributed by atoms with Gasteiger partial charge >= 0.3 is 0 Å². The van der Waals surface area contributed by atoms with Gasteiger partial charge in [-0.2, -0.15) is 0 Å². The molecule has 0 aromatic carbocycles. The molecule has 1 aliphatic heterocycles. The summed E-state index contributed by atoms with van der Waals surface area (Å²) in [4.78, 5) is 0. The van der Waals surface area contributed by atoms with Gasteiger partial charge in [0.1, 0.15) is 0 Å². The maximum absolute atomic E-state index is 3.50. The Balaban J connectivity index is 1.79. The Morgan fingerprint density at radius 3 is 2.33 bits per heavy atom. The van der Waals surface area contributed by atoms with Crippen LogP contribution in [0.5, 0.6) is 0 Å². The van der Waals surface area contributed by atoms with E-state index in [0.717, 1.165) is 17.9 Å². The lowest BCUT2D eigenvalue weighted by Crippen LogP contribution is -2.54. The van der Waals surface area contributed by atoms with E-state index < -0.39 is 0 Å². The monoisotopic (exact) mass is 123 g/mol. The van der Waals surface area contributed by atoms with Crippen molar-refractivity contribution in [3.8, 4) is 0 Å². The zero-order valence-corrected chi connectivity index (χ0v) is 5.64. The Labute approximate surface area is 55.8 Å².